The molecule has 1 rings (SSSR count). The van der Waals surface area contributed by atoms with Crippen LogP contribution in [0.15, 0.2) is 64.8 Å². The number of benzene rings is 1. The predicted octanol–water partition coefficient (Wildman–Crippen LogP) is 5.88. The summed E-state index contributed by atoms with van der Waals surface area (Å²) in [6.07, 6.45) is 12.1. The molecule has 0 heterocycles. The Hall–Kier alpha value is -1.58. The molecule has 23 heavy (non-hydrogen) atoms. The SMILES string of the molecule is C=Cc1c(OC)ccc([S+](C/C=C\C)/C(C)=C/C=C\S)c1C=C. The summed E-state index contributed by atoms with van der Waals surface area (Å²) < 4.78 is 5.45. The zero-order valence-corrected chi connectivity index (χ0v) is 15.8. The van der Waals surface area contributed by atoms with E-state index < -0.39 is 0 Å². The lowest BCUT2D eigenvalue weighted by Gasteiger charge is -2.14. The lowest BCUT2D eigenvalue weighted by Crippen LogP contribution is -2.10. The molecule has 0 bridgehead atoms. The van der Waals surface area contributed by atoms with Crippen molar-refractivity contribution in [2.75, 3.05) is 12.9 Å². The van der Waals surface area contributed by atoms with Crippen LogP contribution >= 0.6 is 12.6 Å². The molecule has 1 aromatic rings. The van der Waals surface area contributed by atoms with Gasteiger partial charge in [0.05, 0.1) is 18.0 Å². The van der Waals surface area contributed by atoms with Crippen molar-refractivity contribution < 1.29 is 4.74 Å². The Labute approximate surface area is 148 Å². The van der Waals surface area contributed by atoms with Gasteiger partial charge in [0.1, 0.15) is 16.4 Å². The normalized spacial score (nSPS) is 13.5. The van der Waals surface area contributed by atoms with E-state index in [1.54, 1.807) is 12.5 Å². The fourth-order valence-corrected chi connectivity index (χ4v) is 4.45. The van der Waals surface area contributed by atoms with E-state index in [-0.39, 0.29) is 10.9 Å². The van der Waals surface area contributed by atoms with Gasteiger partial charge in [-0.25, -0.2) is 0 Å². The predicted molar refractivity (Wildman–Crippen MR) is 110 cm³/mol. The van der Waals surface area contributed by atoms with Crippen LogP contribution in [0.2, 0.25) is 0 Å². The summed E-state index contributed by atoms with van der Waals surface area (Å²) in [6, 6.07) is 4.15. The average molecular weight is 346 g/mol. The van der Waals surface area contributed by atoms with Gasteiger partial charge < -0.3 is 4.74 Å². The second kappa shape index (κ2) is 10.2. The van der Waals surface area contributed by atoms with Crippen LogP contribution in [0.25, 0.3) is 12.2 Å². The number of hydrogen-bond acceptors (Lipinski definition) is 2. The lowest BCUT2D eigenvalue weighted by molar-refractivity contribution is 0.413. The molecular weight excluding hydrogens is 320 g/mol. The highest BCUT2D eigenvalue weighted by Crippen LogP contribution is 2.34. The van der Waals surface area contributed by atoms with Crippen molar-refractivity contribution in [1.82, 2.24) is 0 Å². The zero-order chi connectivity index (χ0) is 17.2. The maximum atomic E-state index is 5.45. The van der Waals surface area contributed by atoms with Gasteiger partial charge in [-0.2, -0.15) is 12.6 Å². The Morgan fingerprint density at radius 3 is 2.48 bits per heavy atom. The molecule has 3 heteroatoms. The number of hydrogen-bond donors (Lipinski definition) is 1. The molecule has 0 aliphatic carbocycles. The van der Waals surface area contributed by atoms with Crippen LogP contribution in [0.3, 0.4) is 0 Å². The summed E-state index contributed by atoms with van der Waals surface area (Å²) in [5.41, 5.74) is 2.09. The van der Waals surface area contributed by atoms with Gasteiger partial charge in [-0.15, -0.1) is 0 Å². The van der Waals surface area contributed by atoms with Crippen molar-refractivity contribution in [2.45, 2.75) is 18.7 Å². The Morgan fingerprint density at radius 2 is 1.96 bits per heavy atom. The molecule has 0 amide bonds. The highest BCUT2D eigenvalue weighted by atomic mass is 32.2. The van der Waals surface area contributed by atoms with Gasteiger partial charge >= 0.3 is 0 Å². The van der Waals surface area contributed by atoms with Crippen molar-refractivity contribution >= 4 is 35.7 Å². The van der Waals surface area contributed by atoms with E-state index in [1.807, 2.05) is 31.2 Å². The summed E-state index contributed by atoms with van der Waals surface area (Å²) in [5.74, 6) is 1.79. The molecular formula is C20H25OS2+. The van der Waals surface area contributed by atoms with Gasteiger partial charge in [0.25, 0.3) is 0 Å². The molecule has 0 radical (unpaired) electrons. The number of methoxy groups -OCH3 is 1. The first kappa shape index (κ1) is 19.5. The highest BCUT2D eigenvalue weighted by Gasteiger charge is 2.27. The maximum absolute atomic E-state index is 5.45. The van der Waals surface area contributed by atoms with Gasteiger partial charge in [0.2, 0.25) is 0 Å². The largest absolute Gasteiger partial charge is 0.496 e. The Bertz CT molecular complexity index is 639. The molecule has 1 unspecified atom stereocenters. The molecule has 0 spiro atoms. The lowest BCUT2D eigenvalue weighted by atomic mass is 10.1. The molecule has 1 nitrogen and oxygen atoms in total. The fourth-order valence-electron chi connectivity index (χ4n) is 2.26. The van der Waals surface area contributed by atoms with Crippen LogP contribution in [-0.4, -0.2) is 12.9 Å². The Balaban J connectivity index is 3.52. The smallest absolute Gasteiger partial charge is 0.168 e. The third-order valence-corrected chi connectivity index (χ3v) is 5.90. The molecule has 1 aromatic carbocycles. The van der Waals surface area contributed by atoms with Gasteiger partial charge in [-0.05, 0) is 36.6 Å². The van der Waals surface area contributed by atoms with Crippen molar-refractivity contribution in [3.05, 3.63) is 71.0 Å². The van der Waals surface area contributed by atoms with E-state index in [9.17, 15) is 0 Å². The van der Waals surface area contributed by atoms with Crippen LogP contribution in [0.1, 0.15) is 25.0 Å². The summed E-state index contributed by atoms with van der Waals surface area (Å²) in [6.45, 7) is 12.1. The zero-order valence-electron chi connectivity index (χ0n) is 14.1. The Kier molecular flexibility index (Phi) is 8.67. The second-order valence-electron chi connectivity index (χ2n) is 4.75. The monoisotopic (exact) mass is 345 g/mol. The molecule has 0 aromatic heterocycles. The fraction of sp³-hybridized carbons (Fsp3) is 0.200. The highest BCUT2D eigenvalue weighted by molar-refractivity contribution is 8.00. The van der Waals surface area contributed by atoms with Gasteiger partial charge in [0, 0.05) is 18.1 Å². The first-order valence-corrected chi connectivity index (χ1v) is 9.31. The molecule has 122 valence electrons. The van der Waals surface area contributed by atoms with Crippen LogP contribution < -0.4 is 4.74 Å². The van der Waals surface area contributed by atoms with Gasteiger partial charge in [0.15, 0.2) is 4.90 Å². The van der Waals surface area contributed by atoms with E-state index in [1.165, 1.54) is 9.80 Å². The summed E-state index contributed by atoms with van der Waals surface area (Å²) >= 11 is 4.14. The topological polar surface area (TPSA) is 9.23 Å². The van der Waals surface area contributed by atoms with Gasteiger partial charge in [-0.1, -0.05) is 37.5 Å². The molecule has 0 fully saturated rings. The van der Waals surface area contributed by atoms with E-state index >= 15 is 0 Å². The van der Waals surface area contributed by atoms with Crippen LogP contribution in [0, 0.1) is 0 Å². The third-order valence-electron chi connectivity index (χ3n) is 3.41. The van der Waals surface area contributed by atoms with E-state index in [4.69, 9.17) is 4.74 Å². The number of rotatable bonds is 8. The quantitative estimate of drug-likeness (QED) is 0.268. The minimum atomic E-state index is -0.0530. The molecule has 0 saturated heterocycles. The van der Waals surface area contributed by atoms with Crippen LogP contribution in [-0.2, 0) is 10.9 Å². The van der Waals surface area contributed by atoms with E-state index in [0.29, 0.717) is 0 Å². The van der Waals surface area contributed by atoms with Gasteiger partial charge in [-0.3, -0.25) is 0 Å². The van der Waals surface area contributed by atoms with E-state index in [2.05, 4.69) is 57.0 Å². The van der Waals surface area contributed by atoms with Crippen molar-refractivity contribution in [3.8, 4) is 5.75 Å². The number of thiol groups is 1. The van der Waals surface area contributed by atoms with Crippen molar-refractivity contribution in [3.63, 3.8) is 0 Å². The first-order chi connectivity index (χ1) is 11.1. The number of ether oxygens (including phenoxy) is 1. The Morgan fingerprint density at radius 1 is 1.26 bits per heavy atom. The summed E-state index contributed by atoms with van der Waals surface area (Å²) in [4.78, 5) is 2.56. The molecule has 0 N–H and O–H groups in total. The number of allylic oxidation sites excluding steroid dienone is 4. The van der Waals surface area contributed by atoms with Crippen LogP contribution in [0.5, 0.6) is 5.75 Å². The standard InChI is InChI=1S/C20H24OS2/c1-6-9-15-23(16(4)11-10-14-22)20-13-12-19(21-5)17(7-2)18(20)8-3/h6-14H,2-3,15H2,1,4-5H3/p+1/b9-6-,14-10-,16-11+. The second-order valence-corrected chi connectivity index (χ2v) is 7.24. The van der Waals surface area contributed by atoms with Crippen LogP contribution in [0.4, 0.5) is 0 Å². The third kappa shape index (κ3) is 4.95. The van der Waals surface area contributed by atoms with Crippen molar-refractivity contribution in [1.29, 1.82) is 0 Å². The van der Waals surface area contributed by atoms with E-state index in [0.717, 1.165) is 22.6 Å². The average Bonchev–Trinajstić information content (AvgIpc) is 2.59. The molecule has 0 saturated carbocycles. The summed E-state index contributed by atoms with van der Waals surface area (Å²) in [5, 5.41) is 1.75. The minimum Gasteiger partial charge on any atom is -0.496 e. The summed E-state index contributed by atoms with van der Waals surface area (Å²) in [7, 11) is 1.62. The van der Waals surface area contributed by atoms with Crippen molar-refractivity contribution in [2.24, 2.45) is 0 Å². The molecule has 1 atom stereocenters. The molecule has 0 aliphatic rings. The maximum Gasteiger partial charge on any atom is 0.168 e. The first-order valence-electron chi connectivity index (χ1n) is 7.40. The minimum absolute atomic E-state index is 0.0530. The molecule has 0 aliphatic heterocycles.